The van der Waals surface area contributed by atoms with Gasteiger partial charge in [-0.1, -0.05) is 31.2 Å². The summed E-state index contributed by atoms with van der Waals surface area (Å²) in [4.78, 5) is 34.3. The molecule has 3 aromatic carbocycles. The zero-order valence-corrected chi connectivity index (χ0v) is 25.5. The molecule has 0 radical (unpaired) electrons. The van der Waals surface area contributed by atoms with Crippen molar-refractivity contribution in [2.75, 3.05) is 57.4 Å². The molecule has 224 valence electrons. The van der Waals surface area contributed by atoms with Gasteiger partial charge in [-0.05, 0) is 76.3 Å². The molecule has 1 heterocycles. The largest absolute Gasteiger partial charge is 0.497 e. The number of hydrogen-bond donors (Lipinski definition) is 4. The number of rotatable bonds is 9. The number of Topliss-reactive ketones (excluding diaryl/α,β-unsaturated/α-hetero) is 1. The second kappa shape index (κ2) is 17.3. The second-order valence-corrected chi connectivity index (χ2v) is 9.63. The van der Waals surface area contributed by atoms with Gasteiger partial charge < -0.3 is 30.7 Å². The van der Waals surface area contributed by atoms with Gasteiger partial charge in [0.2, 0.25) is 5.91 Å². The minimum atomic E-state index is -0.0418. The van der Waals surface area contributed by atoms with Crippen LogP contribution in [0.25, 0.3) is 11.0 Å². The van der Waals surface area contributed by atoms with Crippen LogP contribution < -0.4 is 20.7 Å². The van der Waals surface area contributed by atoms with Crippen molar-refractivity contribution in [1.29, 1.82) is 0 Å². The highest BCUT2D eigenvalue weighted by atomic mass is 16.5. The Balaban J connectivity index is 0.000000290. The molecule has 0 aliphatic heterocycles. The monoisotopic (exact) mass is 574 g/mol. The number of nitrogens with one attached hydrogen (secondary N) is 3. The van der Waals surface area contributed by atoms with Crippen LogP contribution in [0.2, 0.25) is 0 Å². The first-order valence-corrected chi connectivity index (χ1v) is 13.6. The average molecular weight is 575 g/mol. The van der Waals surface area contributed by atoms with Crippen molar-refractivity contribution in [3.8, 4) is 5.75 Å². The fourth-order valence-electron chi connectivity index (χ4n) is 3.66. The first-order chi connectivity index (χ1) is 20.1. The van der Waals surface area contributed by atoms with Gasteiger partial charge in [-0.25, -0.2) is 9.97 Å². The number of benzene rings is 3. The number of likely N-dealkylation sites (N-methyl/N-ethyl adjacent to an activating group) is 1. The van der Waals surface area contributed by atoms with E-state index in [9.17, 15) is 9.59 Å². The molecule has 0 unspecified atom stereocenters. The molecule has 10 heteroatoms. The van der Waals surface area contributed by atoms with Crippen molar-refractivity contribution in [2.24, 2.45) is 0 Å². The smallest absolute Gasteiger partial charge is 0.238 e. The van der Waals surface area contributed by atoms with Crippen molar-refractivity contribution >= 4 is 45.7 Å². The molecule has 0 aliphatic rings. The molecule has 0 aliphatic carbocycles. The molecule has 4 aromatic rings. The number of ether oxygens (including phenoxy) is 1. The lowest BCUT2D eigenvalue weighted by Gasteiger charge is -2.14. The van der Waals surface area contributed by atoms with E-state index in [0.29, 0.717) is 41.8 Å². The van der Waals surface area contributed by atoms with E-state index in [0.717, 1.165) is 28.7 Å². The van der Waals surface area contributed by atoms with Gasteiger partial charge in [0.15, 0.2) is 17.4 Å². The number of methoxy groups -OCH3 is 1. The maximum atomic E-state index is 11.9. The van der Waals surface area contributed by atoms with E-state index < -0.39 is 0 Å². The van der Waals surface area contributed by atoms with Crippen LogP contribution in [0.4, 0.5) is 23.0 Å². The number of fused-ring (bicyclic) bond motifs is 1. The van der Waals surface area contributed by atoms with Crippen LogP contribution in [-0.4, -0.2) is 73.1 Å². The summed E-state index contributed by atoms with van der Waals surface area (Å²) in [5, 5.41) is 16.9. The lowest BCUT2D eigenvalue weighted by Crippen LogP contribution is -2.27. The van der Waals surface area contributed by atoms with Crippen molar-refractivity contribution in [3.63, 3.8) is 0 Å². The van der Waals surface area contributed by atoms with Gasteiger partial charge in [0.05, 0.1) is 30.4 Å². The third-order valence-electron chi connectivity index (χ3n) is 5.65. The molecule has 4 rings (SSSR count). The van der Waals surface area contributed by atoms with Gasteiger partial charge in [-0.3, -0.25) is 9.59 Å². The van der Waals surface area contributed by atoms with Gasteiger partial charge in [-0.15, -0.1) is 0 Å². The van der Waals surface area contributed by atoms with Gasteiger partial charge in [-0.2, -0.15) is 0 Å². The molecule has 1 amide bonds. The van der Waals surface area contributed by atoms with E-state index in [4.69, 9.17) is 9.84 Å². The number of carbonyl (C=O) groups excluding carboxylic acids is 2. The fraction of sp³-hybridized carbons (Fsp3) is 0.312. The molecule has 0 bridgehead atoms. The van der Waals surface area contributed by atoms with Crippen LogP contribution in [0.1, 0.15) is 36.2 Å². The SMILES string of the molecule is CCCO.CNc1nc2ccccc2nc1Nc1cc(OC)ccc1C(C)=O.Cc1cccc(NC(=O)CN(C)C)c1. The third-order valence-corrected chi connectivity index (χ3v) is 5.65. The van der Waals surface area contributed by atoms with Crippen LogP contribution in [0.5, 0.6) is 5.75 Å². The minimum Gasteiger partial charge on any atom is -0.497 e. The molecular weight excluding hydrogens is 532 g/mol. The van der Waals surface area contributed by atoms with Crippen LogP contribution >= 0.6 is 0 Å². The normalized spacial score (nSPS) is 10.1. The molecule has 4 N–H and O–H groups in total. The van der Waals surface area contributed by atoms with E-state index in [1.54, 1.807) is 32.4 Å². The predicted molar refractivity (Wildman–Crippen MR) is 171 cm³/mol. The molecule has 0 atom stereocenters. The van der Waals surface area contributed by atoms with Gasteiger partial charge in [0.25, 0.3) is 0 Å². The number of aliphatic hydroxyl groups is 1. The Hall–Kier alpha value is -4.54. The Kier molecular flexibility index (Phi) is 13.9. The number of amides is 1. The van der Waals surface area contributed by atoms with Gasteiger partial charge in [0, 0.05) is 31.0 Å². The molecular formula is C32H42N6O4. The first kappa shape index (κ1) is 33.7. The number of nitrogens with zero attached hydrogens (tertiary/aromatic N) is 3. The maximum Gasteiger partial charge on any atom is 0.238 e. The molecule has 0 saturated carbocycles. The van der Waals surface area contributed by atoms with Crippen LogP contribution in [-0.2, 0) is 4.79 Å². The number of ketones is 1. The third kappa shape index (κ3) is 10.8. The van der Waals surface area contributed by atoms with Crippen LogP contribution in [0, 0.1) is 6.92 Å². The Bertz CT molecular complexity index is 1460. The maximum absolute atomic E-state index is 11.9. The molecule has 0 spiro atoms. The van der Waals surface area contributed by atoms with Crippen molar-refractivity contribution in [2.45, 2.75) is 27.2 Å². The highest BCUT2D eigenvalue weighted by Crippen LogP contribution is 2.29. The second-order valence-electron chi connectivity index (χ2n) is 9.63. The van der Waals surface area contributed by atoms with Crippen LogP contribution in [0.3, 0.4) is 0 Å². The van der Waals surface area contributed by atoms with E-state index in [2.05, 4.69) is 25.9 Å². The summed E-state index contributed by atoms with van der Waals surface area (Å²) in [6.45, 7) is 6.19. The lowest BCUT2D eigenvalue weighted by atomic mass is 10.1. The zero-order valence-electron chi connectivity index (χ0n) is 25.5. The number of para-hydroxylation sites is 2. The summed E-state index contributed by atoms with van der Waals surface area (Å²) in [6.07, 6.45) is 0.875. The van der Waals surface area contributed by atoms with E-state index >= 15 is 0 Å². The zero-order chi connectivity index (χ0) is 31.1. The predicted octanol–water partition coefficient (Wildman–Crippen LogP) is 5.51. The number of hydrogen-bond acceptors (Lipinski definition) is 9. The molecule has 0 fully saturated rings. The number of aryl methyl sites for hydroxylation is 1. The fourth-order valence-corrected chi connectivity index (χ4v) is 3.66. The topological polar surface area (TPSA) is 129 Å². The van der Waals surface area contributed by atoms with Crippen molar-refractivity contribution in [1.82, 2.24) is 14.9 Å². The van der Waals surface area contributed by atoms with E-state index in [1.807, 2.05) is 81.4 Å². The highest BCUT2D eigenvalue weighted by Gasteiger charge is 2.13. The Labute approximate surface area is 248 Å². The van der Waals surface area contributed by atoms with Crippen molar-refractivity contribution < 1.29 is 19.4 Å². The quantitative estimate of drug-likeness (QED) is 0.191. The summed E-state index contributed by atoms with van der Waals surface area (Å²) < 4.78 is 5.25. The minimum absolute atomic E-state index is 0.0144. The molecule has 0 saturated heterocycles. The Morgan fingerprint density at radius 1 is 0.952 bits per heavy atom. The van der Waals surface area contributed by atoms with Crippen molar-refractivity contribution in [3.05, 3.63) is 77.9 Å². The molecule has 1 aromatic heterocycles. The van der Waals surface area contributed by atoms with E-state index in [-0.39, 0.29) is 11.7 Å². The summed E-state index contributed by atoms with van der Waals surface area (Å²) >= 11 is 0. The average Bonchev–Trinajstić information content (AvgIpc) is 2.96. The number of aromatic nitrogens is 2. The number of anilines is 4. The standard InChI is InChI=1S/C18H18N4O2.C11H16N2O.C3H8O/c1-11(23)13-9-8-12(24-3)10-16(13)22-18-17(19-2)20-14-6-4-5-7-15(14)21-18;1-9-5-4-6-10(7-9)12-11(14)8-13(2)3;1-2-3-4/h4-10H,1-3H3,(H,19,20)(H,21,22);4-7H,8H2,1-3H3,(H,12,14);4H,2-3H2,1H3. The van der Waals surface area contributed by atoms with Gasteiger partial charge in [0.1, 0.15) is 5.75 Å². The summed E-state index contributed by atoms with van der Waals surface area (Å²) in [6, 6.07) is 20.7. The summed E-state index contributed by atoms with van der Waals surface area (Å²) in [7, 11) is 7.11. The Morgan fingerprint density at radius 3 is 2.12 bits per heavy atom. The molecule has 42 heavy (non-hydrogen) atoms. The lowest BCUT2D eigenvalue weighted by molar-refractivity contribution is -0.116. The van der Waals surface area contributed by atoms with E-state index in [1.165, 1.54) is 6.92 Å². The summed E-state index contributed by atoms with van der Waals surface area (Å²) in [5.41, 5.74) is 4.76. The number of aliphatic hydroxyl groups excluding tert-OH is 1. The first-order valence-electron chi connectivity index (χ1n) is 13.6. The summed E-state index contributed by atoms with van der Waals surface area (Å²) in [5.74, 6) is 1.78. The van der Waals surface area contributed by atoms with Gasteiger partial charge >= 0.3 is 0 Å². The van der Waals surface area contributed by atoms with Crippen LogP contribution in [0.15, 0.2) is 66.7 Å². The Morgan fingerprint density at radius 2 is 1.60 bits per heavy atom. The highest BCUT2D eigenvalue weighted by molar-refractivity contribution is 6.01. The molecule has 10 nitrogen and oxygen atoms in total. The number of carbonyl (C=O) groups is 2.